The predicted octanol–water partition coefficient (Wildman–Crippen LogP) is 4.78. The largest absolute Gasteiger partial charge is 0.497 e. The Morgan fingerprint density at radius 1 is 1.00 bits per heavy atom. The lowest BCUT2D eigenvalue weighted by Crippen LogP contribution is -2.22. The molecule has 0 radical (unpaired) electrons. The van der Waals surface area contributed by atoms with Gasteiger partial charge in [0.25, 0.3) is 5.91 Å². The number of hydrogen-bond acceptors (Lipinski definition) is 6. The molecule has 0 saturated carbocycles. The first-order valence-electron chi connectivity index (χ1n) is 9.68. The van der Waals surface area contributed by atoms with E-state index in [0.29, 0.717) is 35.2 Å². The summed E-state index contributed by atoms with van der Waals surface area (Å²) in [5.41, 5.74) is 1.95. The molecule has 1 N–H and O–H groups in total. The van der Waals surface area contributed by atoms with E-state index in [2.05, 4.69) is 15.3 Å². The van der Waals surface area contributed by atoms with Crippen LogP contribution < -0.4 is 14.8 Å². The van der Waals surface area contributed by atoms with Crippen molar-refractivity contribution in [3.63, 3.8) is 0 Å². The Hall–Kier alpha value is -4.13. The van der Waals surface area contributed by atoms with E-state index in [9.17, 15) is 4.79 Å². The quantitative estimate of drug-likeness (QED) is 0.468. The van der Waals surface area contributed by atoms with Gasteiger partial charge in [0.05, 0.1) is 19.3 Å². The summed E-state index contributed by atoms with van der Waals surface area (Å²) in [7, 11) is 1.61. The molecule has 0 saturated heterocycles. The Balaban J connectivity index is 1.47. The van der Waals surface area contributed by atoms with E-state index >= 15 is 0 Å². The van der Waals surface area contributed by atoms with E-state index < -0.39 is 0 Å². The number of carbonyl (C=O) groups excluding carboxylic acids is 1. The molecule has 4 rings (SSSR count). The van der Waals surface area contributed by atoms with Crippen molar-refractivity contribution in [1.29, 1.82) is 0 Å². The molecule has 2 aromatic heterocycles. The minimum Gasteiger partial charge on any atom is -0.497 e. The maximum Gasteiger partial charge on any atom is 0.251 e. The van der Waals surface area contributed by atoms with Gasteiger partial charge in [0.1, 0.15) is 29.3 Å². The predicted molar refractivity (Wildman–Crippen MR) is 115 cm³/mol. The highest BCUT2D eigenvalue weighted by molar-refractivity contribution is 5.95. The summed E-state index contributed by atoms with van der Waals surface area (Å²) in [4.78, 5) is 21.0. The number of carbonyl (C=O) groups is 1. The monoisotopic (exact) mass is 415 g/mol. The molecule has 0 spiro atoms. The van der Waals surface area contributed by atoms with Gasteiger partial charge in [0, 0.05) is 17.2 Å². The lowest BCUT2D eigenvalue weighted by molar-refractivity contribution is 0.0948. The van der Waals surface area contributed by atoms with E-state index in [1.54, 1.807) is 37.4 Å². The average Bonchev–Trinajstić information content (AvgIpc) is 3.23. The van der Waals surface area contributed by atoms with Crippen LogP contribution in [0.5, 0.6) is 17.4 Å². The standard InChI is InChI=1S/C24H21N3O4/c1-16-6-7-21(30-16)14-25-24(28)18-5-3-4-17(12-18)22-13-23(27-15-26-22)31-20-10-8-19(29-2)9-11-20/h3-13,15H,14H2,1-2H3,(H,25,28). The van der Waals surface area contributed by atoms with Gasteiger partial charge in [-0.1, -0.05) is 12.1 Å². The van der Waals surface area contributed by atoms with Gasteiger partial charge in [-0.05, 0) is 55.5 Å². The Labute approximate surface area is 179 Å². The second-order valence-corrected chi connectivity index (χ2v) is 6.79. The number of aryl methyl sites for hydroxylation is 1. The van der Waals surface area contributed by atoms with Crippen LogP contribution in [0, 0.1) is 6.92 Å². The summed E-state index contributed by atoms with van der Waals surface area (Å²) in [5.74, 6) is 3.10. The van der Waals surface area contributed by atoms with Crippen molar-refractivity contribution >= 4 is 5.91 Å². The van der Waals surface area contributed by atoms with Gasteiger partial charge < -0.3 is 19.2 Å². The van der Waals surface area contributed by atoms with Crippen LogP contribution in [0.1, 0.15) is 21.9 Å². The van der Waals surface area contributed by atoms with E-state index in [-0.39, 0.29) is 5.91 Å². The lowest BCUT2D eigenvalue weighted by Gasteiger charge is -2.08. The first-order valence-corrected chi connectivity index (χ1v) is 9.68. The van der Waals surface area contributed by atoms with E-state index in [4.69, 9.17) is 13.9 Å². The molecule has 1 amide bonds. The Morgan fingerprint density at radius 3 is 2.55 bits per heavy atom. The number of nitrogens with one attached hydrogen (secondary N) is 1. The molecule has 31 heavy (non-hydrogen) atoms. The second kappa shape index (κ2) is 9.13. The highest BCUT2D eigenvalue weighted by Crippen LogP contribution is 2.25. The van der Waals surface area contributed by atoms with Gasteiger partial charge in [-0.2, -0.15) is 0 Å². The smallest absolute Gasteiger partial charge is 0.251 e. The van der Waals surface area contributed by atoms with Crippen LogP contribution in [0.25, 0.3) is 11.3 Å². The van der Waals surface area contributed by atoms with Crippen LogP contribution >= 0.6 is 0 Å². The van der Waals surface area contributed by atoms with E-state index in [0.717, 1.165) is 17.1 Å². The zero-order chi connectivity index (χ0) is 21.6. The maximum absolute atomic E-state index is 12.5. The highest BCUT2D eigenvalue weighted by atomic mass is 16.5. The molecule has 0 bridgehead atoms. The summed E-state index contributed by atoms with van der Waals surface area (Å²) < 4.78 is 16.4. The third kappa shape index (κ3) is 5.08. The summed E-state index contributed by atoms with van der Waals surface area (Å²) >= 11 is 0. The molecule has 0 aliphatic carbocycles. The molecule has 0 atom stereocenters. The summed E-state index contributed by atoms with van der Waals surface area (Å²) in [6, 6.07) is 19.9. The molecule has 2 heterocycles. The van der Waals surface area contributed by atoms with Crippen molar-refractivity contribution in [1.82, 2.24) is 15.3 Å². The van der Waals surface area contributed by atoms with E-state index in [1.807, 2.05) is 43.3 Å². The third-order valence-corrected chi connectivity index (χ3v) is 4.56. The summed E-state index contributed by atoms with van der Waals surface area (Å²) in [6.07, 6.45) is 1.43. The fourth-order valence-corrected chi connectivity index (χ4v) is 2.99. The fraction of sp³-hybridized carbons (Fsp3) is 0.125. The Bertz CT molecular complexity index is 1190. The normalized spacial score (nSPS) is 10.5. The van der Waals surface area contributed by atoms with Crippen molar-refractivity contribution < 1.29 is 18.7 Å². The molecule has 2 aromatic carbocycles. The first kappa shape index (κ1) is 20.2. The SMILES string of the molecule is COc1ccc(Oc2cc(-c3cccc(C(=O)NCc4ccc(C)o4)c3)ncn2)cc1. The fourth-order valence-electron chi connectivity index (χ4n) is 2.99. The molecule has 0 aliphatic rings. The Morgan fingerprint density at radius 2 is 1.81 bits per heavy atom. The number of aromatic nitrogens is 2. The van der Waals surface area contributed by atoms with Crippen molar-refractivity contribution in [2.75, 3.05) is 7.11 Å². The summed E-state index contributed by atoms with van der Waals surface area (Å²) in [6.45, 7) is 2.19. The minimum atomic E-state index is -0.195. The van der Waals surface area contributed by atoms with Crippen molar-refractivity contribution in [3.8, 4) is 28.6 Å². The number of amides is 1. The van der Waals surface area contributed by atoms with Crippen molar-refractivity contribution in [3.05, 3.63) is 90.1 Å². The third-order valence-electron chi connectivity index (χ3n) is 4.56. The lowest BCUT2D eigenvalue weighted by atomic mass is 10.1. The topological polar surface area (TPSA) is 86.5 Å². The molecule has 0 fully saturated rings. The number of hydrogen-bond donors (Lipinski definition) is 1. The average molecular weight is 415 g/mol. The van der Waals surface area contributed by atoms with Crippen LogP contribution in [-0.2, 0) is 6.54 Å². The second-order valence-electron chi connectivity index (χ2n) is 6.79. The minimum absolute atomic E-state index is 0.195. The van der Waals surface area contributed by atoms with Crippen LogP contribution in [0.3, 0.4) is 0 Å². The highest BCUT2D eigenvalue weighted by Gasteiger charge is 2.10. The number of benzene rings is 2. The number of furan rings is 1. The summed E-state index contributed by atoms with van der Waals surface area (Å²) in [5, 5.41) is 2.86. The molecule has 156 valence electrons. The van der Waals surface area contributed by atoms with Crippen LogP contribution in [0.4, 0.5) is 0 Å². The van der Waals surface area contributed by atoms with Crippen LogP contribution in [0.15, 0.2) is 77.5 Å². The van der Waals surface area contributed by atoms with Gasteiger partial charge in [0.15, 0.2) is 0 Å². The van der Waals surface area contributed by atoms with E-state index in [1.165, 1.54) is 6.33 Å². The van der Waals surface area contributed by atoms with Crippen LogP contribution in [0.2, 0.25) is 0 Å². The van der Waals surface area contributed by atoms with Gasteiger partial charge in [-0.3, -0.25) is 4.79 Å². The number of rotatable bonds is 7. The molecule has 0 aliphatic heterocycles. The molecule has 4 aromatic rings. The Kier molecular flexibility index (Phi) is 5.93. The molecule has 7 heteroatoms. The first-order chi connectivity index (χ1) is 15.1. The molecule has 0 unspecified atom stereocenters. The van der Waals surface area contributed by atoms with Gasteiger partial charge in [0.2, 0.25) is 5.88 Å². The molecule has 7 nitrogen and oxygen atoms in total. The van der Waals surface area contributed by atoms with Crippen LogP contribution in [-0.4, -0.2) is 23.0 Å². The number of nitrogens with zero attached hydrogens (tertiary/aromatic N) is 2. The maximum atomic E-state index is 12.5. The number of ether oxygens (including phenoxy) is 2. The molecular weight excluding hydrogens is 394 g/mol. The van der Waals surface area contributed by atoms with Gasteiger partial charge in [-0.25, -0.2) is 9.97 Å². The van der Waals surface area contributed by atoms with Gasteiger partial charge >= 0.3 is 0 Å². The van der Waals surface area contributed by atoms with Crippen molar-refractivity contribution in [2.45, 2.75) is 13.5 Å². The zero-order valence-electron chi connectivity index (χ0n) is 17.2. The van der Waals surface area contributed by atoms with Gasteiger partial charge in [-0.15, -0.1) is 0 Å². The zero-order valence-corrected chi connectivity index (χ0v) is 17.2. The van der Waals surface area contributed by atoms with Crippen molar-refractivity contribution in [2.24, 2.45) is 0 Å². The molecular formula is C24H21N3O4. The number of methoxy groups -OCH3 is 1.